The first-order chi connectivity index (χ1) is 10.7. The van der Waals surface area contributed by atoms with E-state index >= 15 is 0 Å². The Balaban J connectivity index is 1.70. The van der Waals surface area contributed by atoms with E-state index < -0.39 is 4.92 Å². The molecule has 5 nitrogen and oxygen atoms in total. The summed E-state index contributed by atoms with van der Waals surface area (Å²) in [4.78, 5) is 21.9. The summed E-state index contributed by atoms with van der Waals surface area (Å²) in [6.45, 7) is 0.600. The number of benzene rings is 2. The van der Waals surface area contributed by atoms with Gasteiger partial charge in [-0.15, -0.1) is 0 Å². The average molecular weight is 298 g/mol. The Morgan fingerprint density at radius 1 is 1.00 bits per heavy atom. The van der Waals surface area contributed by atoms with E-state index in [0.717, 1.165) is 19.3 Å². The highest BCUT2D eigenvalue weighted by atomic mass is 16.6. The van der Waals surface area contributed by atoms with Gasteiger partial charge in [0, 0.05) is 24.2 Å². The van der Waals surface area contributed by atoms with E-state index in [1.807, 2.05) is 18.2 Å². The second-order valence-electron chi connectivity index (χ2n) is 5.00. The Morgan fingerprint density at radius 3 is 2.32 bits per heavy atom. The summed E-state index contributed by atoms with van der Waals surface area (Å²) in [5, 5.41) is 13.4. The maximum absolute atomic E-state index is 11.9. The topological polar surface area (TPSA) is 72.2 Å². The molecule has 0 aliphatic heterocycles. The molecule has 0 fully saturated rings. The first-order valence-corrected chi connectivity index (χ1v) is 7.23. The first kappa shape index (κ1) is 15.7. The van der Waals surface area contributed by atoms with Crippen LogP contribution in [0.15, 0.2) is 54.6 Å². The molecular weight excluding hydrogens is 280 g/mol. The molecule has 0 unspecified atom stereocenters. The predicted octanol–water partition coefficient (Wildman–Crippen LogP) is 3.35. The van der Waals surface area contributed by atoms with Crippen LogP contribution in [0.25, 0.3) is 0 Å². The van der Waals surface area contributed by atoms with Gasteiger partial charge in [-0.3, -0.25) is 14.9 Å². The second kappa shape index (κ2) is 7.93. The average Bonchev–Trinajstić information content (AvgIpc) is 2.55. The van der Waals surface area contributed by atoms with E-state index in [4.69, 9.17) is 0 Å². The molecule has 0 aromatic heterocycles. The summed E-state index contributed by atoms with van der Waals surface area (Å²) in [5.41, 5.74) is 1.72. The van der Waals surface area contributed by atoms with Crippen molar-refractivity contribution in [3.63, 3.8) is 0 Å². The maximum Gasteiger partial charge on any atom is 0.269 e. The van der Waals surface area contributed by atoms with Crippen molar-refractivity contribution in [2.75, 3.05) is 6.54 Å². The summed E-state index contributed by atoms with van der Waals surface area (Å²) in [6.07, 6.45) is 2.90. The molecule has 0 aliphatic rings. The molecule has 2 rings (SSSR count). The molecule has 2 aromatic rings. The second-order valence-corrected chi connectivity index (χ2v) is 5.00. The van der Waals surface area contributed by atoms with E-state index in [-0.39, 0.29) is 11.6 Å². The minimum Gasteiger partial charge on any atom is -0.352 e. The van der Waals surface area contributed by atoms with Gasteiger partial charge in [0.25, 0.3) is 11.6 Å². The molecule has 0 saturated carbocycles. The van der Waals surface area contributed by atoms with Gasteiger partial charge in [0.05, 0.1) is 4.92 Å². The molecular formula is C17H18N2O3. The molecule has 0 aliphatic carbocycles. The number of nitro groups is 1. The Morgan fingerprint density at radius 2 is 1.68 bits per heavy atom. The molecule has 0 radical (unpaired) electrons. The summed E-state index contributed by atoms with van der Waals surface area (Å²) in [7, 11) is 0. The maximum atomic E-state index is 11.9. The summed E-state index contributed by atoms with van der Waals surface area (Å²) in [6, 6.07) is 15.8. The van der Waals surface area contributed by atoms with Crippen LogP contribution in [-0.2, 0) is 6.42 Å². The zero-order chi connectivity index (χ0) is 15.8. The normalized spacial score (nSPS) is 10.2. The van der Waals surface area contributed by atoms with Gasteiger partial charge in [0.15, 0.2) is 0 Å². The molecule has 0 heterocycles. The number of unbranched alkanes of at least 4 members (excludes halogenated alkanes) is 1. The number of amides is 1. The van der Waals surface area contributed by atoms with Crippen LogP contribution in [0.3, 0.4) is 0 Å². The van der Waals surface area contributed by atoms with Crippen LogP contribution < -0.4 is 5.32 Å². The van der Waals surface area contributed by atoms with Crippen molar-refractivity contribution < 1.29 is 9.72 Å². The Hall–Kier alpha value is -2.69. The van der Waals surface area contributed by atoms with Crippen LogP contribution in [0.1, 0.15) is 28.8 Å². The first-order valence-electron chi connectivity index (χ1n) is 7.23. The number of nitrogens with one attached hydrogen (secondary N) is 1. The third kappa shape index (κ3) is 4.70. The molecule has 1 N–H and O–H groups in total. The standard InChI is InChI=1S/C17H18N2O3/c20-17(15-9-11-16(12-10-15)19(21)22)18-13-5-4-8-14-6-2-1-3-7-14/h1-3,6-7,9-12H,4-5,8,13H2,(H,18,20). The highest BCUT2D eigenvalue weighted by Crippen LogP contribution is 2.11. The number of hydrogen-bond donors (Lipinski definition) is 1. The van der Waals surface area contributed by atoms with Crippen LogP contribution in [0.4, 0.5) is 5.69 Å². The molecule has 0 bridgehead atoms. The summed E-state index contributed by atoms with van der Waals surface area (Å²) >= 11 is 0. The van der Waals surface area contributed by atoms with Gasteiger partial charge in [-0.2, -0.15) is 0 Å². The number of non-ortho nitro benzene ring substituents is 1. The van der Waals surface area contributed by atoms with Crippen LogP contribution in [0, 0.1) is 10.1 Å². The smallest absolute Gasteiger partial charge is 0.269 e. The van der Waals surface area contributed by atoms with Crippen LogP contribution >= 0.6 is 0 Å². The molecule has 22 heavy (non-hydrogen) atoms. The fourth-order valence-electron chi connectivity index (χ4n) is 2.14. The third-order valence-corrected chi connectivity index (χ3v) is 3.36. The molecule has 2 aromatic carbocycles. The molecule has 0 atom stereocenters. The lowest BCUT2D eigenvalue weighted by molar-refractivity contribution is -0.384. The van der Waals surface area contributed by atoms with Gasteiger partial charge in [-0.25, -0.2) is 0 Å². The number of carbonyl (C=O) groups excluding carboxylic acids is 1. The van der Waals surface area contributed by atoms with Crippen LogP contribution in [0.2, 0.25) is 0 Å². The van der Waals surface area contributed by atoms with Gasteiger partial charge in [0.1, 0.15) is 0 Å². The SMILES string of the molecule is O=C(NCCCCc1ccccc1)c1ccc([N+](=O)[O-])cc1. The van der Waals surface area contributed by atoms with Crippen molar-refractivity contribution in [3.8, 4) is 0 Å². The highest BCUT2D eigenvalue weighted by molar-refractivity contribution is 5.94. The number of aryl methyl sites for hydroxylation is 1. The van der Waals surface area contributed by atoms with Crippen molar-refractivity contribution in [3.05, 3.63) is 75.8 Å². The van der Waals surface area contributed by atoms with E-state index in [1.54, 1.807) is 0 Å². The number of nitro benzene ring substituents is 1. The van der Waals surface area contributed by atoms with Crippen LogP contribution in [0.5, 0.6) is 0 Å². The summed E-state index contributed by atoms with van der Waals surface area (Å²) in [5.74, 6) is -0.199. The number of nitrogens with zero attached hydrogens (tertiary/aromatic N) is 1. The van der Waals surface area contributed by atoms with E-state index in [1.165, 1.54) is 29.8 Å². The van der Waals surface area contributed by atoms with E-state index in [0.29, 0.717) is 12.1 Å². The fraction of sp³-hybridized carbons (Fsp3) is 0.235. The van der Waals surface area contributed by atoms with Crippen molar-refractivity contribution in [1.82, 2.24) is 5.32 Å². The number of carbonyl (C=O) groups is 1. The Bertz CT molecular complexity index is 624. The fourth-order valence-corrected chi connectivity index (χ4v) is 2.14. The zero-order valence-electron chi connectivity index (χ0n) is 12.2. The molecule has 1 amide bonds. The minimum absolute atomic E-state index is 0.0144. The van der Waals surface area contributed by atoms with Gasteiger partial charge in [-0.05, 0) is 37.0 Å². The number of hydrogen-bond acceptors (Lipinski definition) is 3. The van der Waals surface area contributed by atoms with Gasteiger partial charge in [-0.1, -0.05) is 30.3 Å². The van der Waals surface area contributed by atoms with Gasteiger partial charge < -0.3 is 5.32 Å². The van der Waals surface area contributed by atoms with Gasteiger partial charge >= 0.3 is 0 Å². The lowest BCUT2D eigenvalue weighted by Gasteiger charge is -2.05. The van der Waals surface area contributed by atoms with E-state index in [2.05, 4.69) is 17.4 Å². The number of rotatable bonds is 7. The quantitative estimate of drug-likeness (QED) is 0.484. The molecule has 5 heteroatoms. The van der Waals surface area contributed by atoms with Crippen molar-refractivity contribution in [2.45, 2.75) is 19.3 Å². The Kier molecular flexibility index (Phi) is 5.65. The highest BCUT2D eigenvalue weighted by Gasteiger charge is 2.08. The monoisotopic (exact) mass is 298 g/mol. The predicted molar refractivity (Wildman–Crippen MR) is 84.8 cm³/mol. The van der Waals surface area contributed by atoms with Crippen molar-refractivity contribution in [1.29, 1.82) is 0 Å². The largest absolute Gasteiger partial charge is 0.352 e. The summed E-state index contributed by atoms with van der Waals surface area (Å²) < 4.78 is 0. The molecule has 0 saturated heterocycles. The minimum atomic E-state index is -0.481. The lowest BCUT2D eigenvalue weighted by atomic mass is 10.1. The van der Waals surface area contributed by atoms with Crippen molar-refractivity contribution >= 4 is 11.6 Å². The zero-order valence-corrected chi connectivity index (χ0v) is 12.2. The van der Waals surface area contributed by atoms with Crippen molar-refractivity contribution in [2.24, 2.45) is 0 Å². The van der Waals surface area contributed by atoms with Crippen LogP contribution in [-0.4, -0.2) is 17.4 Å². The van der Waals surface area contributed by atoms with E-state index in [9.17, 15) is 14.9 Å². The lowest BCUT2D eigenvalue weighted by Crippen LogP contribution is -2.24. The third-order valence-electron chi connectivity index (χ3n) is 3.36. The molecule has 114 valence electrons. The van der Waals surface area contributed by atoms with Gasteiger partial charge in [0.2, 0.25) is 0 Å². The Labute approximate surface area is 129 Å². The molecule has 0 spiro atoms.